The van der Waals surface area contributed by atoms with Crippen molar-refractivity contribution in [2.24, 2.45) is 0 Å². The van der Waals surface area contributed by atoms with Gasteiger partial charge in [-0.1, -0.05) is 209 Å². The molecule has 0 aromatic heterocycles. The molecule has 0 aliphatic heterocycles. The van der Waals surface area contributed by atoms with Crippen molar-refractivity contribution >= 4 is 26.8 Å². The van der Waals surface area contributed by atoms with Crippen molar-refractivity contribution in [1.29, 1.82) is 0 Å². The van der Waals surface area contributed by atoms with E-state index in [4.69, 9.17) is 9.96 Å². The normalized spacial score (nSPS) is 10.6. The second-order valence-electron chi connectivity index (χ2n) is 19.7. The van der Waals surface area contributed by atoms with E-state index in [9.17, 15) is 0 Å². The molecule has 0 aliphatic rings. The standard InChI is InChI=1S/2C15H27NSi.2C10H15.4BrH.2Ir.2Zr.4H/c2*1-10-11(2)13(4)14(12(10)3)17(8,9)16-15(5,6)7;2*1-6-7(2)9(4)10(5)8(6)3;;;;;;;;;;;;/h2*1-9H3;2*1-5H3;4*1H;;;;;;;;/q2*-2;2*-1;;;;;;;2*+3;4*-1/p-4. The predicted molar refractivity (Wildman–Crippen MR) is 258 cm³/mol. The summed E-state index contributed by atoms with van der Waals surface area (Å²) in [6, 6.07) is 0. The van der Waals surface area contributed by atoms with Gasteiger partial charge in [0.2, 0.25) is 0 Å². The van der Waals surface area contributed by atoms with Gasteiger partial charge in [-0.3, -0.25) is 0 Å². The first kappa shape index (κ1) is 81.7. The fourth-order valence-corrected chi connectivity index (χ4v) is 16.9. The zero-order chi connectivity index (χ0) is 43.0. The fraction of sp³-hybridized carbons (Fsp3) is 0.600. The minimum absolute atomic E-state index is 0. The van der Waals surface area contributed by atoms with Crippen LogP contribution in [0.4, 0.5) is 0 Å². The number of rotatable bonds is 4. The Morgan fingerprint density at radius 2 is 0.468 bits per heavy atom. The van der Waals surface area contributed by atoms with Crippen LogP contribution in [0.3, 0.4) is 0 Å². The van der Waals surface area contributed by atoms with Gasteiger partial charge in [0.1, 0.15) is 0 Å². The zero-order valence-corrected chi connectivity index (χ0v) is 62.1. The number of nitrogens with zero attached hydrogens (tertiary/aromatic N) is 2. The molecule has 0 atom stereocenters. The van der Waals surface area contributed by atoms with Crippen molar-refractivity contribution < 1.29 is 166 Å². The molecule has 4 radical (unpaired) electrons. The molecular weight excluding hydrogens is 1570 g/mol. The second-order valence-corrected chi connectivity index (χ2v) is 27.4. The molecule has 0 N–H and O–H groups in total. The molecule has 0 saturated carbocycles. The van der Waals surface area contributed by atoms with Crippen LogP contribution in [-0.2, 0) is 92.6 Å². The van der Waals surface area contributed by atoms with E-state index in [-0.39, 0.29) is 177 Å². The van der Waals surface area contributed by atoms with E-state index >= 15 is 0 Å². The molecule has 368 valence electrons. The zero-order valence-electron chi connectivity index (χ0n) is 48.1. The summed E-state index contributed by atoms with van der Waals surface area (Å²) < 4.78 is 0. The molecule has 4 rings (SSSR count). The van der Waals surface area contributed by atoms with Crippen LogP contribution in [-0.4, -0.2) is 27.5 Å². The van der Waals surface area contributed by atoms with Crippen molar-refractivity contribution in [3.05, 3.63) is 110 Å². The Bertz CT molecular complexity index is 1610. The maximum absolute atomic E-state index is 5.13. The van der Waals surface area contributed by atoms with Crippen LogP contribution in [0.1, 0.15) is 147 Å². The van der Waals surface area contributed by atoms with Crippen LogP contribution >= 0.6 is 0 Å². The van der Waals surface area contributed by atoms with Crippen molar-refractivity contribution in [2.75, 3.05) is 0 Å². The molecule has 0 bridgehead atoms. The molecular formula is C50H88Br4Ir2N2Si2Zr2-8. The fourth-order valence-electron chi connectivity index (χ4n) is 8.87. The molecule has 2 nitrogen and oxygen atoms in total. The van der Waals surface area contributed by atoms with Gasteiger partial charge in [-0.2, -0.15) is 111 Å². The summed E-state index contributed by atoms with van der Waals surface area (Å²) in [5, 5.41) is 3.12. The third-order valence-electron chi connectivity index (χ3n) is 13.0. The minimum Gasteiger partial charge on any atom is -1.00 e. The van der Waals surface area contributed by atoms with E-state index in [1.54, 1.807) is 10.4 Å². The summed E-state index contributed by atoms with van der Waals surface area (Å²) in [6.07, 6.45) is 0. The first-order chi connectivity index (χ1) is 24.1. The Morgan fingerprint density at radius 1 is 0.339 bits per heavy atom. The summed E-state index contributed by atoms with van der Waals surface area (Å²) in [7, 11) is -3.38. The van der Waals surface area contributed by atoms with Gasteiger partial charge in [0.15, 0.2) is 0 Å². The molecule has 0 heterocycles. The Kier molecular flexibility index (Phi) is 42.0. The van der Waals surface area contributed by atoms with Crippen molar-refractivity contribution in [1.82, 2.24) is 0 Å². The first-order valence-electron chi connectivity index (χ1n) is 20.4. The van der Waals surface area contributed by atoms with Crippen LogP contribution in [0.15, 0.2) is 0 Å². The van der Waals surface area contributed by atoms with E-state index in [0.29, 0.717) is 0 Å². The van der Waals surface area contributed by atoms with E-state index < -0.39 is 16.5 Å². The molecule has 12 heteroatoms. The molecule has 0 fully saturated rings. The van der Waals surface area contributed by atoms with Gasteiger partial charge < -0.3 is 83.6 Å². The van der Waals surface area contributed by atoms with E-state index in [1.807, 2.05) is 0 Å². The molecule has 4 aromatic rings. The Morgan fingerprint density at radius 3 is 0.565 bits per heavy atom. The number of halogens is 4. The average molecular weight is 1660 g/mol. The summed E-state index contributed by atoms with van der Waals surface area (Å²) in [5.41, 5.74) is 26.5. The quantitative estimate of drug-likeness (QED) is 0.223. The molecule has 4 aromatic carbocycles. The number of hydrogen-bond donors (Lipinski definition) is 0. The van der Waals surface area contributed by atoms with Crippen LogP contribution in [0, 0.1) is 125 Å². The van der Waals surface area contributed by atoms with E-state index in [0.717, 1.165) is 0 Å². The third-order valence-corrected chi connectivity index (χ3v) is 19.4. The molecule has 0 amide bonds. The Labute approximate surface area is 500 Å². The van der Waals surface area contributed by atoms with Gasteiger partial charge in [0.05, 0.1) is 0 Å². The maximum atomic E-state index is 5.13. The van der Waals surface area contributed by atoms with E-state index in [2.05, 4.69) is 192 Å². The average Bonchev–Trinajstić information content (AvgIpc) is 3.50. The summed E-state index contributed by atoms with van der Waals surface area (Å²) in [4.78, 5) is 10.3. The summed E-state index contributed by atoms with van der Waals surface area (Å²) in [6.45, 7) is 62.7. The second kappa shape index (κ2) is 31.9. The molecule has 0 aliphatic carbocycles. The van der Waals surface area contributed by atoms with Crippen LogP contribution in [0.25, 0.3) is 9.96 Å². The largest absolute Gasteiger partial charge is 3.00 e. The van der Waals surface area contributed by atoms with Crippen molar-refractivity contribution in [3.63, 3.8) is 0 Å². The van der Waals surface area contributed by atoms with Crippen LogP contribution in [0.5, 0.6) is 0 Å². The molecule has 0 unspecified atom stereocenters. The van der Waals surface area contributed by atoms with Crippen LogP contribution in [0.2, 0.25) is 26.2 Å². The Balaban J connectivity index is -0.0000000568. The van der Waals surface area contributed by atoms with Gasteiger partial charge in [0.25, 0.3) is 0 Å². The van der Waals surface area contributed by atoms with Gasteiger partial charge >= 0.3 is 52.4 Å². The summed E-state index contributed by atoms with van der Waals surface area (Å²) >= 11 is 0. The Hall–Kier alpha value is 2.74. The summed E-state index contributed by atoms with van der Waals surface area (Å²) in [5.74, 6) is 0. The minimum atomic E-state index is -1.69. The predicted octanol–water partition coefficient (Wildman–Crippen LogP) is 2.80. The topological polar surface area (TPSA) is 28.2 Å². The maximum Gasteiger partial charge on any atom is 3.00 e. The molecule has 0 spiro atoms. The van der Waals surface area contributed by atoms with Crippen molar-refractivity contribution in [3.8, 4) is 0 Å². The molecule has 0 saturated heterocycles. The van der Waals surface area contributed by atoms with Gasteiger partial charge in [-0.25, -0.2) is 0 Å². The third kappa shape index (κ3) is 21.0. The molecule has 62 heavy (non-hydrogen) atoms. The van der Waals surface area contributed by atoms with Crippen LogP contribution < -0.4 is 78.3 Å². The van der Waals surface area contributed by atoms with Gasteiger partial charge in [-0.05, 0) is 0 Å². The van der Waals surface area contributed by atoms with Crippen molar-refractivity contribution in [2.45, 2.75) is 203 Å². The monoisotopic (exact) mass is 1650 g/mol. The number of hydrogen-bond acceptors (Lipinski definition) is 0. The van der Waals surface area contributed by atoms with E-state index in [1.165, 1.54) is 100 Å². The first-order valence-corrected chi connectivity index (χ1v) is 26.3. The SMILES string of the molecule is Cc1c(C)c(C)[c-](C)c1C.Cc1c(C)c(C)[c-](C)c1C.Cc1c(C)c(C)[c-]([Si](C)(C)[N-]C(C)(C)C)c1C.Cc1c(C)c(C)[c-]([Si](C)(C)[N-]C(C)(C)C)c1C.[Br-].[Br-].[Br-].[Br-].[H-].[H-].[H-].[H-].[Ir].[Ir].[Zr+3].[Zr+3]. The van der Waals surface area contributed by atoms with Gasteiger partial charge in [0, 0.05) is 40.2 Å². The smallest absolute Gasteiger partial charge is 1.00 e. The van der Waals surface area contributed by atoms with Gasteiger partial charge in [-0.15, -0.1) is 11.1 Å².